The maximum Gasteiger partial charge on any atom is 0.256 e. The van der Waals surface area contributed by atoms with Gasteiger partial charge in [-0.3, -0.25) is 19.7 Å². The Bertz CT molecular complexity index is 616. The first-order chi connectivity index (χ1) is 9.23. The molecule has 0 aromatic carbocycles. The van der Waals surface area contributed by atoms with Gasteiger partial charge in [-0.15, -0.1) is 0 Å². The highest BCUT2D eigenvalue weighted by atomic mass is 35.5. The number of aromatic nitrogens is 1. The topological polar surface area (TPSA) is 79.4 Å². The average Bonchev–Trinajstić information content (AvgIpc) is 2.36. The molecule has 1 aliphatic rings. The Balaban J connectivity index is 2.43. The molecule has 106 valence electrons. The quantitative estimate of drug-likeness (QED) is 0.625. The fraction of sp³-hybridized carbons (Fsp3) is 0.333. The minimum Gasteiger partial charge on any atom is -0.315 e. The molecule has 0 bridgehead atoms. The lowest BCUT2D eigenvalue weighted by Crippen LogP contribution is -2.65. The molecule has 3 amide bonds. The number of hydrogen-bond acceptors (Lipinski definition) is 4. The summed E-state index contributed by atoms with van der Waals surface area (Å²) in [4.78, 5) is 40.7. The van der Waals surface area contributed by atoms with Crippen LogP contribution in [-0.4, -0.2) is 39.7 Å². The molecule has 0 saturated carbocycles. The van der Waals surface area contributed by atoms with Gasteiger partial charge in [-0.2, -0.15) is 0 Å². The fourth-order valence-electron chi connectivity index (χ4n) is 1.83. The minimum atomic E-state index is -1.16. The van der Waals surface area contributed by atoms with Crippen molar-refractivity contribution in [3.63, 3.8) is 0 Å². The summed E-state index contributed by atoms with van der Waals surface area (Å²) in [6, 6.07) is 1.30. The molecular weight excluding hydrogens is 305 g/mol. The molecule has 8 heteroatoms. The Hall–Kier alpha value is -1.66. The largest absolute Gasteiger partial charge is 0.315 e. The van der Waals surface area contributed by atoms with Crippen molar-refractivity contribution in [1.29, 1.82) is 0 Å². The third kappa shape index (κ3) is 2.48. The monoisotopic (exact) mass is 315 g/mol. The third-order valence-electron chi connectivity index (χ3n) is 3.08. The number of amides is 3. The standard InChI is InChI=1S/C12H11Cl2N3O3/c1-12(2)11(20)16-9(18)5-17(12)10(19)6-3-8(14)15-4-7(6)13/h3-4H,5H2,1-2H3,(H,16,18,20). The van der Waals surface area contributed by atoms with E-state index in [4.69, 9.17) is 23.2 Å². The van der Waals surface area contributed by atoms with Gasteiger partial charge in [0.05, 0.1) is 10.6 Å². The number of carbonyl (C=O) groups excluding carboxylic acids is 3. The van der Waals surface area contributed by atoms with Crippen molar-refractivity contribution < 1.29 is 14.4 Å². The second-order valence-electron chi connectivity index (χ2n) is 4.81. The van der Waals surface area contributed by atoms with E-state index in [-0.39, 0.29) is 22.3 Å². The van der Waals surface area contributed by atoms with Crippen LogP contribution in [0, 0.1) is 0 Å². The van der Waals surface area contributed by atoms with E-state index in [1.54, 1.807) is 13.8 Å². The number of halogens is 2. The number of nitrogens with zero attached hydrogens (tertiary/aromatic N) is 2. The van der Waals surface area contributed by atoms with E-state index >= 15 is 0 Å². The van der Waals surface area contributed by atoms with Gasteiger partial charge in [-0.25, -0.2) is 4.98 Å². The predicted octanol–water partition coefficient (Wildman–Crippen LogP) is 1.27. The first kappa shape index (κ1) is 14.7. The van der Waals surface area contributed by atoms with Crippen molar-refractivity contribution in [2.45, 2.75) is 19.4 Å². The Morgan fingerprint density at radius 1 is 1.40 bits per heavy atom. The number of carbonyl (C=O) groups is 3. The lowest BCUT2D eigenvalue weighted by molar-refractivity contribution is -0.143. The zero-order valence-electron chi connectivity index (χ0n) is 10.7. The SMILES string of the molecule is CC1(C)C(=O)NC(=O)CN1C(=O)c1cc(Cl)ncc1Cl. The van der Waals surface area contributed by atoms with E-state index in [1.807, 2.05) is 0 Å². The van der Waals surface area contributed by atoms with E-state index in [9.17, 15) is 14.4 Å². The molecule has 0 atom stereocenters. The van der Waals surface area contributed by atoms with Crippen LogP contribution >= 0.6 is 23.2 Å². The average molecular weight is 316 g/mol. The molecule has 0 aliphatic carbocycles. The van der Waals surface area contributed by atoms with Crippen LogP contribution in [0.1, 0.15) is 24.2 Å². The lowest BCUT2D eigenvalue weighted by atomic mass is 9.97. The third-order valence-corrected chi connectivity index (χ3v) is 3.59. The minimum absolute atomic E-state index is 0.0993. The van der Waals surface area contributed by atoms with Gasteiger partial charge in [0.2, 0.25) is 5.91 Å². The van der Waals surface area contributed by atoms with E-state index in [1.165, 1.54) is 12.3 Å². The number of piperazine rings is 1. The van der Waals surface area contributed by atoms with Gasteiger partial charge in [-0.1, -0.05) is 23.2 Å². The molecule has 0 radical (unpaired) electrons. The summed E-state index contributed by atoms with van der Waals surface area (Å²) in [5.74, 6) is -1.63. The Labute approximate surface area is 125 Å². The summed E-state index contributed by atoms with van der Waals surface area (Å²) in [5.41, 5.74) is -1.06. The summed E-state index contributed by atoms with van der Waals surface area (Å²) in [5, 5.41) is 2.39. The summed E-state index contributed by atoms with van der Waals surface area (Å²) in [7, 11) is 0. The first-order valence-corrected chi connectivity index (χ1v) is 6.46. The molecule has 2 rings (SSSR count). The molecule has 1 aromatic heterocycles. The Kier molecular flexibility index (Phi) is 3.71. The highest BCUT2D eigenvalue weighted by Crippen LogP contribution is 2.25. The number of imide groups is 1. The number of nitrogens with one attached hydrogen (secondary N) is 1. The molecule has 0 spiro atoms. The molecule has 1 aromatic rings. The van der Waals surface area contributed by atoms with Crippen molar-refractivity contribution >= 4 is 40.9 Å². The van der Waals surface area contributed by atoms with Crippen LogP contribution < -0.4 is 5.32 Å². The van der Waals surface area contributed by atoms with Gasteiger partial charge in [0.1, 0.15) is 17.2 Å². The molecule has 1 aliphatic heterocycles. The van der Waals surface area contributed by atoms with E-state index in [0.717, 1.165) is 4.90 Å². The van der Waals surface area contributed by atoms with Crippen molar-refractivity contribution in [2.24, 2.45) is 0 Å². The van der Waals surface area contributed by atoms with Crippen LogP contribution in [0.4, 0.5) is 0 Å². The highest BCUT2D eigenvalue weighted by Gasteiger charge is 2.44. The fourth-order valence-corrected chi connectivity index (χ4v) is 2.17. The normalized spacial score (nSPS) is 17.9. The summed E-state index contributed by atoms with van der Waals surface area (Å²) >= 11 is 11.7. The summed E-state index contributed by atoms with van der Waals surface area (Å²) in [6.45, 7) is 2.86. The van der Waals surface area contributed by atoms with Gasteiger partial charge >= 0.3 is 0 Å². The van der Waals surface area contributed by atoms with Crippen LogP contribution in [-0.2, 0) is 9.59 Å². The highest BCUT2D eigenvalue weighted by molar-refractivity contribution is 6.35. The van der Waals surface area contributed by atoms with Crippen molar-refractivity contribution in [1.82, 2.24) is 15.2 Å². The zero-order chi connectivity index (χ0) is 15.1. The predicted molar refractivity (Wildman–Crippen MR) is 72.5 cm³/mol. The summed E-state index contributed by atoms with van der Waals surface area (Å²) < 4.78 is 0. The molecule has 1 saturated heterocycles. The Morgan fingerprint density at radius 3 is 2.70 bits per heavy atom. The van der Waals surface area contributed by atoms with Crippen LogP contribution in [0.25, 0.3) is 0 Å². The van der Waals surface area contributed by atoms with Gasteiger partial charge in [-0.05, 0) is 19.9 Å². The van der Waals surface area contributed by atoms with Crippen LogP contribution in [0.3, 0.4) is 0 Å². The van der Waals surface area contributed by atoms with E-state index in [2.05, 4.69) is 10.3 Å². The zero-order valence-corrected chi connectivity index (χ0v) is 12.2. The molecule has 6 nitrogen and oxygen atoms in total. The molecule has 1 N–H and O–H groups in total. The van der Waals surface area contributed by atoms with Gasteiger partial charge in [0.15, 0.2) is 0 Å². The smallest absolute Gasteiger partial charge is 0.256 e. The van der Waals surface area contributed by atoms with E-state index < -0.39 is 23.3 Å². The number of pyridine rings is 1. The molecule has 2 heterocycles. The van der Waals surface area contributed by atoms with Crippen LogP contribution in [0.15, 0.2) is 12.3 Å². The van der Waals surface area contributed by atoms with Gasteiger partial charge in [0.25, 0.3) is 11.8 Å². The maximum atomic E-state index is 12.5. The lowest BCUT2D eigenvalue weighted by Gasteiger charge is -2.40. The van der Waals surface area contributed by atoms with Crippen LogP contribution in [0.2, 0.25) is 10.2 Å². The maximum absolute atomic E-state index is 12.5. The van der Waals surface area contributed by atoms with Gasteiger partial charge < -0.3 is 4.90 Å². The molecule has 1 fully saturated rings. The van der Waals surface area contributed by atoms with E-state index in [0.29, 0.717) is 0 Å². The van der Waals surface area contributed by atoms with Crippen LogP contribution in [0.5, 0.6) is 0 Å². The second-order valence-corrected chi connectivity index (χ2v) is 5.61. The van der Waals surface area contributed by atoms with Crippen molar-refractivity contribution in [2.75, 3.05) is 6.54 Å². The molecule has 20 heavy (non-hydrogen) atoms. The number of rotatable bonds is 1. The van der Waals surface area contributed by atoms with Gasteiger partial charge in [0, 0.05) is 6.20 Å². The van der Waals surface area contributed by atoms with Crippen molar-refractivity contribution in [3.8, 4) is 0 Å². The Morgan fingerprint density at radius 2 is 2.05 bits per heavy atom. The second kappa shape index (κ2) is 5.03. The summed E-state index contributed by atoms with van der Waals surface area (Å²) in [6.07, 6.45) is 1.25. The molecule has 0 unspecified atom stereocenters. The van der Waals surface area contributed by atoms with Crippen molar-refractivity contribution in [3.05, 3.63) is 28.0 Å². The number of hydrogen-bond donors (Lipinski definition) is 1. The first-order valence-electron chi connectivity index (χ1n) is 5.71. The molecular formula is C12H11Cl2N3O3.